The Hall–Kier alpha value is -1.01. The summed E-state index contributed by atoms with van der Waals surface area (Å²) < 4.78 is 13.4. The van der Waals surface area contributed by atoms with Crippen LogP contribution in [0.15, 0.2) is 24.3 Å². The topological polar surface area (TPSA) is 63.9 Å². The van der Waals surface area contributed by atoms with Crippen LogP contribution < -0.4 is 0 Å². The largest absolute Gasteiger partial charge is 0.395 e. The van der Waals surface area contributed by atoms with Gasteiger partial charge in [-0.2, -0.15) is 0 Å². The summed E-state index contributed by atoms with van der Waals surface area (Å²) >= 11 is 0. The third kappa shape index (κ3) is 4.40. The molecule has 4 nitrogen and oxygen atoms in total. The Morgan fingerprint density at radius 2 is 1.71 bits per heavy atom. The summed E-state index contributed by atoms with van der Waals surface area (Å²) in [6.45, 7) is 0.730. The van der Waals surface area contributed by atoms with Crippen molar-refractivity contribution in [2.75, 3.05) is 32.8 Å². The lowest BCUT2D eigenvalue weighted by Gasteiger charge is -2.23. The lowest BCUT2D eigenvalue weighted by Crippen LogP contribution is -2.34. The maximum atomic E-state index is 13.4. The molecule has 1 unspecified atom stereocenters. The van der Waals surface area contributed by atoms with Crippen LogP contribution >= 0.6 is 0 Å². The van der Waals surface area contributed by atoms with Gasteiger partial charge in [-0.15, -0.1) is 0 Å². The molecule has 0 amide bonds. The van der Waals surface area contributed by atoms with Crippen molar-refractivity contribution >= 4 is 0 Å². The SMILES string of the molecule is OCCN(CCO)CC(O)c1ccccc1F. The van der Waals surface area contributed by atoms with Crippen LogP contribution in [0.25, 0.3) is 0 Å². The van der Waals surface area contributed by atoms with Crippen molar-refractivity contribution < 1.29 is 19.7 Å². The molecule has 96 valence electrons. The van der Waals surface area contributed by atoms with Gasteiger partial charge in [0.15, 0.2) is 0 Å². The Labute approximate surface area is 99.9 Å². The molecule has 1 aromatic carbocycles. The van der Waals surface area contributed by atoms with Crippen LogP contribution in [0.3, 0.4) is 0 Å². The van der Waals surface area contributed by atoms with Crippen LogP contribution in [-0.4, -0.2) is 53.1 Å². The second kappa shape index (κ2) is 7.34. The molecule has 0 saturated heterocycles. The molecular weight excluding hydrogens is 225 g/mol. The van der Waals surface area contributed by atoms with Gasteiger partial charge >= 0.3 is 0 Å². The molecule has 0 saturated carbocycles. The minimum atomic E-state index is -0.964. The van der Waals surface area contributed by atoms with Gasteiger partial charge in [0.25, 0.3) is 0 Å². The Kier molecular flexibility index (Phi) is 6.07. The molecule has 1 rings (SSSR count). The number of rotatable bonds is 7. The van der Waals surface area contributed by atoms with E-state index in [9.17, 15) is 9.50 Å². The maximum absolute atomic E-state index is 13.4. The summed E-state index contributed by atoms with van der Waals surface area (Å²) in [7, 11) is 0. The second-order valence-electron chi connectivity index (χ2n) is 3.79. The van der Waals surface area contributed by atoms with E-state index in [0.717, 1.165) is 0 Å². The highest BCUT2D eigenvalue weighted by Gasteiger charge is 2.15. The minimum Gasteiger partial charge on any atom is -0.395 e. The highest BCUT2D eigenvalue weighted by Crippen LogP contribution is 2.17. The van der Waals surface area contributed by atoms with Crippen molar-refractivity contribution in [3.63, 3.8) is 0 Å². The second-order valence-corrected chi connectivity index (χ2v) is 3.79. The number of nitrogens with zero attached hydrogens (tertiary/aromatic N) is 1. The molecule has 0 fully saturated rings. The number of aliphatic hydroxyl groups excluding tert-OH is 3. The van der Waals surface area contributed by atoms with E-state index in [-0.39, 0.29) is 25.3 Å². The summed E-state index contributed by atoms with van der Waals surface area (Å²) in [6, 6.07) is 6.03. The minimum absolute atomic E-state index is 0.0655. The molecule has 0 heterocycles. The van der Waals surface area contributed by atoms with Crippen LogP contribution in [0, 0.1) is 5.82 Å². The predicted molar refractivity (Wildman–Crippen MR) is 62.0 cm³/mol. The van der Waals surface area contributed by atoms with E-state index < -0.39 is 11.9 Å². The molecular formula is C12H18FNO3. The fourth-order valence-electron chi connectivity index (χ4n) is 1.67. The first-order valence-corrected chi connectivity index (χ1v) is 5.55. The van der Waals surface area contributed by atoms with E-state index in [0.29, 0.717) is 13.1 Å². The summed E-state index contributed by atoms with van der Waals surface area (Å²) in [4.78, 5) is 1.68. The fourth-order valence-corrected chi connectivity index (χ4v) is 1.67. The maximum Gasteiger partial charge on any atom is 0.129 e. The quantitative estimate of drug-likeness (QED) is 0.637. The number of benzene rings is 1. The molecule has 0 aliphatic rings. The van der Waals surface area contributed by atoms with Crippen LogP contribution in [0.5, 0.6) is 0 Å². The van der Waals surface area contributed by atoms with E-state index >= 15 is 0 Å². The number of aliphatic hydroxyl groups is 3. The highest BCUT2D eigenvalue weighted by atomic mass is 19.1. The monoisotopic (exact) mass is 243 g/mol. The number of hydrogen-bond donors (Lipinski definition) is 3. The zero-order chi connectivity index (χ0) is 12.7. The zero-order valence-electron chi connectivity index (χ0n) is 9.59. The van der Waals surface area contributed by atoms with Gasteiger partial charge in [0.1, 0.15) is 5.82 Å². The summed E-state index contributed by atoms with van der Waals surface area (Å²) in [5, 5.41) is 27.5. The first kappa shape index (κ1) is 14.1. The van der Waals surface area contributed by atoms with E-state index in [1.54, 1.807) is 17.0 Å². The van der Waals surface area contributed by atoms with Gasteiger partial charge in [-0.25, -0.2) is 4.39 Å². The molecule has 0 aliphatic heterocycles. The summed E-state index contributed by atoms with van der Waals surface area (Å²) in [6.07, 6.45) is -0.964. The Bertz CT molecular complexity index is 329. The molecule has 3 N–H and O–H groups in total. The van der Waals surface area contributed by atoms with E-state index in [1.165, 1.54) is 12.1 Å². The van der Waals surface area contributed by atoms with Gasteiger partial charge in [0.05, 0.1) is 19.3 Å². The van der Waals surface area contributed by atoms with Crippen molar-refractivity contribution in [3.8, 4) is 0 Å². The molecule has 1 atom stereocenters. The fraction of sp³-hybridized carbons (Fsp3) is 0.500. The van der Waals surface area contributed by atoms with Crippen molar-refractivity contribution in [3.05, 3.63) is 35.6 Å². The van der Waals surface area contributed by atoms with Gasteiger partial charge in [-0.3, -0.25) is 4.90 Å². The first-order valence-electron chi connectivity index (χ1n) is 5.55. The lowest BCUT2D eigenvalue weighted by molar-refractivity contribution is 0.0854. The van der Waals surface area contributed by atoms with Gasteiger partial charge in [-0.05, 0) is 6.07 Å². The van der Waals surface area contributed by atoms with Crippen molar-refractivity contribution in [2.24, 2.45) is 0 Å². The van der Waals surface area contributed by atoms with Crippen molar-refractivity contribution in [1.29, 1.82) is 0 Å². The van der Waals surface area contributed by atoms with E-state index in [4.69, 9.17) is 10.2 Å². The standard InChI is InChI=1S/C12H18FNO3/c13-11-4-2-1-3-10(11)12(17)9-14(5-7-15)6-8-16/h1-4,12,15-17H,5-9H2. The van der Waals surface area contributed by atoms with Gasteiger partial charge in [-0.1, -0.05) is 18.2 Å². The Morgan fingerprint density at radius 1 is 1.12 bits per heavy atom. The van der Waals surface area contributed by atoms with E-state index in [1.807, 2.05) is 0 Å². The number of halogens is 1. The first-order chi connectivity index (χ1) is 8.19. The molecule has 0 radical (unpaired) electrons. The molecule has 5 heteroatoms. The normalized spacial score (nSPS) is 13.0. The van der Waals surface area contributed by atoms with Crippen LogP contribution in [0.1, 0.15) is 11.7 Å². The average Bonchev–Trinajstić information content (AvgIpc) is 2.30. The molecule has 0 aromatic heterocycles. The summed E-state index contributed by atoms with van der Waals surface area (Å²) in [5.41, 5.74) is 0.230. The van der Waals surface area contributed by atoms with Crippen LogP contribution in [-0.2, 0) is 0 Å². The van der Waals surface area contributed by atoms with Gasteiger partial charge < -0.3 is 15.3 Å². The Balaban J connectivity index is 2.63. The predicted octanol–water partition coefficient (Wildman–Crippen LogP) is 0.146. The third-order valence-electron chi connectivity index (χ3n) is 2.53. The van der Waals surface area contributed by atoms with Crippen molar-refractivity contribution in [1.82, 2.24) is 4.90 Å². The average molecular weight is 243 g/mol. The van der Waals surface area contributed by atoms with Crippen molar-refractivity contribution in [2.45, 2.75) is 6.10 Å². The third-order valence-corrected chi connectivity index (χ3v) is 2.53. The molecule has 0 aliphatic carbocycles. The zero-order valence-corrected chi connectivity index (χ0v) is 9.59. The molecule has 0 spiro atoms. The molecule has 1 aromatic rings. The van der Waals surface area contributed by atoms with E-state index in [2.05, 4.69) is 0 Å². The van der Waals surface area contributed by atoms with Gasteiger partial charge in [0.2, 0.25) is 0 Å². The lowest BCUT2D eigenvalue weighted by atomic mass is 10.1. The van der Waals surface area contributed by atoms with Crippen LogP contribution in [0.4, 0.5) is 4.39 Å². The van der Waals surface area contributed by atoms with Crippen LogP contribution in [0.2, 0.25) is 0 Å². The highest BCUT2D eigenvalue weighted by molar-refractivity contribution is 5.19. The number of hydrogen-bond acceptors (Lipinski definition) is 4. The summed E-state index contributed by atoms with van der Waals surface area (Å²) in [5.74, 6) is -0.451. The molecule has 0 bridgehead atoms. The van der Waals surface area contributed by atoms with Gasteiger partial charge in [0, 0.05) is 25.2 Å². The smallest absolute Gasteiger partial charge is 0.129 e. The molecule has 17 heavy (non-hydrogen) atoms. The Morgan fingerprint density at radius 3 is 2.24 bits per heavy atom.